The summed E-state index contributed by atoms with van der Waals surface area (Å²) >= 11 is -1.66. The summed E-state index contributed by atoms with van der Waals surface area (Å²) in [6.45, 7) is 1.91. The maximum atomic E-state index is 6.63. The van der Waals surface area contributed by atoms with Gasteiger partial charge in [0.25, 0.3) is 0 Å². The zero-order chi connectivity index (χ0) is 9.11. The van der Waals surface area contributed by atoms with Gasteiger partial charge in [0.2, 0.25) is 0 Å². The SMILES string of the molecule is [Cl][Rh]([Cl])[Cl].[NH-]CC[N-]CC[NH-]. The van der Waals surface area contributed by atoms with Crippen LogP contribution in [0.25, 0.3) is 16.8 Å². The smallest absolute Gasteiger partial charge is 0.169 e. The Balaban J connectivity index is 0. The van der Waals surface area contributed by atoms with Crippen LogP contribution in [0.15, 0.2) is 0 Å². The Morgan fingerprint density at radius 3 is 1.45 bits per heavy atom. The van der Waals surface area contributed by atoms with Gasteiger partial charge in [0, 0.05) is 0 Å². The average Bonchev–Trinajstić information content (AvgIpc) is 1.88. The summed E-state index contributed by atoms with van der Waals surface area (Å²) in [5.74, 6) is 0. The minimum absolute atomic E-state index is 0.361. The third-order valence-electron chi connectivity index (χ3n) is 0.540. The van der Waals surface area contributed by atoms with Crippen molar-refractivity contribution in [2.75, 3.05) is 26.2 Å². The molecule has 0 aromatic rings. The molecule has 0 aliphatic rings. The molecule has 2 N–H and O–H groups in total. The molecule has 11 heavy (non-hydrogen) atoms. The minimum atomic E-state index is -1.66. The first-order valence-electron chi connectivity index (χ1n) is 2.72. The van der Waals surface area contributed by atoms with Crippen molar-refractivity contribution in [3.63, 3.8) is 0 Å². The second kappa shape index (κ2) is 13.9. The Kier molecular flexibility index (Phi) is 18.8. The van der Waals surface area contributed by atoms with E-state index in [1.807, 2.05) is 0 Å². The van der Waals surface area contributed by atoms with Gasteiger partial charge in [0.1, 0.15) is 0 Å². The third kappa shape index (κ3) is 34.6. The Labute approximate surface area is 84.8 Å². The van der Waals surface area contributed by atoms with Crippen LogP contribution in [-0.2, 0) is 13.0 Å². The van der Waals surface area contributed by atoms with Gasteiger partial charge in [-0.3, -0.25) is 0 Å². The Hall–Kier alpha value is 1.37. The summed E-state index contributed by atoms with van der Waals surface area (Å²) in [5.41, 5.74) is 13.3. The van der Waals surface area contributed by atoms with Crippen LogP contribution in [0.1, 0.15) is 0 Å². The van der Waals surface area contributed by atoms with Gasteiger partial charge in [-0.15, -0.1) is 0 Å². The summed E-state index contributed by atoms with van der Waals surface area (Å²) in [7, 11) is 14.8. The molecule has 0 aliphatic carbocycles. The zero-order valence-corrected chi connectivity index (χ0v) is 9.65. The van der Waals surface area contributed by atoms with Crippen LogP contribution in [0.5, 0.6) is 0 Å². The molecule has 0 aliphatic heterocycles. The fraction of sp³-hybridized carbons (Fsp3) is 1.00. The Morgan fingerprint density at radius 2 is 1.27 bits per heavy atom. The van der Waals surface area contributed by atoms with Gasteiger partial charge in [-0.05, 0) is 0 Å². The summed E-state index contributed by atoms with van der Waals surface area (Å²) in [5, 5.41) is 3.83. The molecule has 7 heteroatoms. The average molecular weight is 309 g/mol. The van der Waals surface area contributed by atoms with Crippen LogP contribution >= 0.6 is 29.1 Å². The summed E-state index contributed by atoms with van der Waals surface area (Å²) in [6.07, 6.45) is 0. The first kappa shape index (κ1) is 14.9. The van der Waals surface area contributed by atoms with E-state index in [1.54, 1.807) is 0 Å². The van der Waals surface area contributed by atoms with E-state index in [1.165, 1.54) is 0 Å². The van der Waals surface area contributed by atoms with Crippen LogP contribution in [0.2, 0.25) is 0 Å². The molecule has 0 heterocycles. The Bertz CT molecular complexity index is 59.8. The number of halogens is 3. The number of hydrogen-bond donors (Lipinski definition) is 0. The second-order valence-electron chi connectivity index (χ2n) is 1.31. The quantitative estimate of drug-likeness (QED) is 0.563. The monoisotopic (exact) mass is 308 g/mol. The molecule has 74 valence electrons. The molecule has 0 radical (unpaired) electrons. The van der Waals surface area contributed by atoms with Crippen LogP contribution in [-0.4, -0.2) is 26.2 Å². The van der Waals surface area contributed by atoms with Crippen molar-refractivity contribution in [1.29, 1.82) is 0 Å². The van der Waals surface area contributed by atoms with Gasteiger partial charge in [-0.1, -0.05) is 0 Å². The van der Waals surface area contributed by atoms with Crippen molar-refractivity contribution in [3.05, 3.63) is 16.8 Å². The minimum Gasteiger partial charge on any atom is -0.679 e. The van der Waals surface area contributed by atoms with Gasteiger partial charge in [-0.25, -0.2) is 0 Å². The molecule has 0 atom stereocenters. The van der Waals surface area contributed by atoms with E-state index in [0.717, 1.165) is 0 Å². The molecule has 0 aromatic carbocycles. The molecule has 0 bridgehead atoms. The van der Waals surface area contributed by atoms with E-state index in [9.17, 15) is 0 Å². The van der Waals surface area contributed by atoms with Crippen LogP contribution in [0.3, 0.4) is 0 Å². The summed E-state index contributed by atoms with van der Waals surface area (Å²) in [6, 6.07) is 0. The predicted octanol–water partition coefficient (Wildman–Crippen LogP) is 3.53. The molecule has 0 saturated carbocycles. The number of hydrogen-bond acceptors (Lipinski definition) is 0. The molecule has 0 unspecified atom stereocenters. The van der Waals surface area contributed by atoms with E-state index in [-0.39, 0.29) is 0 Å². The van der Waals surface area contributed by atoms with E-state index in [4.69, 9.17) is 40.5 Å². The molecular weight excluding hydrogens is 299 g/mol. The first-order chi connectivity index (χ1) is 5.15. The number of nitrogens with one attached hydrogen (secondary N) is 2. The molecule has 0 fully saturated rings. The van der Waals surface area contributed by atoms with Gasteiger partial charge < -0.3 is 16.8 Å². The van der Waals surface area contributed by atoms with Gasteiger partial charge in [-0.2, -0.15) is 26.2 Å². The fourth-order valence-corrected chi connectivity index (χ4v) is 0.270. The van der Waals surface area contributed by atoms with Gasteiger partial charge in [0.05, 0.1) is 0 Å². The first-order valence-corrected chi connectivity index (χ1v) is 9.05. The molecule has 0 rings (SSSR count). The molecule has 0 spiro atoms. The maximum absolute atomic E-state index is 6.63. The van der Waals surface area contributed by atoms with E-state index >= 15 is 0 Å². The molecular formula is C4H10Cl3N3Rh-3. The number of nitrogens with zero attached hydrogens (tertiary/aromatic N) is 1. The van der Waals surface area contributed by atoms with Crippen LogP contribution in [0, 0.1) is 0 Å². The van der Waals surface area contributed by atoms with E-state index < -0.39 is 13.0 Å². The van der Waals surface area contributed by atoms with Crippen molar-refractivity contribution in [2.24, 2.45) is 0 Å². The standard InChI is InChI=1S/C4H10N3.3ClH.Rh/c5-1-3-7-4-2-6;;;;/h5-6H,1-4H2;3*1H;/q-3;;;;+3/p-3. The molecule has 0 amide bonds. The van der Waals surface area contributed by atoms with Crippen molar-refractivity contribution in [3.8, 4) is 0 Å². The van der Waals surface area contributed by atoms with Crippen molar-refractivity contribution in [1.82, 2.24) is 0 Å². The topological polar surface area (TPSA) is 61.7 Å². The predicted molar refractivity (Wildman–Crippen MR) is 49.0 cm³/mol. The van der Waals surface area contributed by atoms with Crippen molar-refractivity contribution in [2.45, 2.75) is 0 Å². The molecule has 0 aromatic heterocycles. The fourth-order valence-electron chi connectivity index (χ4n) is 0.270. The van der Waals surface area contributed by atoms with Gasteiger partial charge in [0.15, 0.2) is 0 Å². The molecule has 3 nitrogen and oxygen atoms in total. The molecule has 0 saturated heterocycles. The van der Waals surface area contributed by atoms with Gasteiger partial charge >= 0.3 is 42.1 Å². The largest absolute Gasteiger partial charge is 0.679 e. The summed E-state index contributed by atoms with van der Waals surface area (Å²) < 4.78 is 0. The Morgan fingerprint density at radius 1 is 1.00 bits per heavy atom. The zero-order valence-electron chi connectivity index (χ0n) is 5.74. The normalized spacial score (nSPS) is 10.1. The number of rotatable bonds is 4. The van der Waals surface area contributed by atoms with Crippen molar-refractivity contribution >= 4 is 29.1 Å². The maximum Gasteiger partial charge on any atom is -0.169 e. The van der Waals surface area contributed by atoms with E-state index in [0.29, 0.717) is 26.2 Å². The third-order valence-corrected chi connectivity index (χ3v) is 0.540. The summed E-state index contributed by atoms with van der Waals surface area (Å²) in [4.78, 5) is 0. The van der Waals surface area contributed by atoms with Crippen LogP contribution in [0.4, 0.5) is 0 Å². The second-order valence-corrected chi connectivity index (χ2v) is 8.78. The van der Waals surface area contributed by atoms with Crippen molar-refractivity contribution < 1.29 is 13.0 Å². The van der Waals surface area contributed by atoms with Crippen LogP contribution < -0.4 is 0 Å². The van der Waals surface area contributed by atoms with E-state index in [2.05, 4.69) is 5.32 Å².